The molecule has 1 aromatic carbocycles. The molecule has 0 heterocycles. The van der Waals surface area contributed by atoms with Crippen molar-refractivity contribution < 1.29 is 13.3 Å². The summed E-state index contributed by atoms with van der Waals surface area (Å²) in [4.78, 5) is 0. The van der Waals surface area contributed by atoms with Crippen molar-refractivity contribution in [1.82, 2.24) is 0 Å². The van der Waals surface area contributed by atoms with Gasteiger partial charge in [-0.1, -0.05) is 0 Å². The average Bonchev–Trinajstić information content (AvgIpc) is 2.25. The topological polar surface area (TPSA) is 27.7 Å². The van der Waals surface area contributed by atoms with Crippen LogP contribution in [-0.2, 0) is 19.3 Å². The van der Waals surface area contributed by atoms with Crippen LogP contribution in [0, 0.1) is 7.14 Å². The molecule has 0 aliphatic rings. The second kappa shape index (κ2) is 6.64. The molecule has 1 rings (SSSR count). The average molecular weight is 464 g/mol. The van der Waals surface area contributed by atoms with Crippen LogP contribution in [0.15, 0.2) is 18.2 Å². The van der Waals surface area contributed by atoms with Crippen molar-refractivity contribution >= 4 is 54.0 Å². The molecule has 0 radical (unpaired) electrons. The standard InChI is InChI=1S/C10H14I2O3Si/c1-13-16(14-2,15-3)7-8-4-9(11)6-10(12)5-8/h4-6H,7H2,1-3H3. The minimum Gasteiger partial charge on any atom is -0.377 e. The van der Waals surface area contributed by atoms with E-state index in [0.29, 0.717) is 6.04 Å². The van der Waals surface area contributed by atoms with Gasteiger partial charge in [-0.2, -0.15) is 0 Å². The summed E-state index contributed by atoms with van der Waals surface area (Å²) in [6.45, 7) is 0. The highest BCUT2D eigenvalue weighted by atomic mass is 127. The Morgan fingerprint density at radius 1 is 0.938 bits per heavy atom. The van der Waals surface area contributed by atoms with Gasteiger partial charge < -0.3 is 13.3 Å². The minimum atomic E-state index is -2.51. The molecule has 0 amide bonds. The van der Waals surface area contributed by atoms with Gasteiger partial charge in [0.15, 0.2) is 0 Å². The van der Waals surface area contributed by atoms with Crippen molar-refractivity contribution in [2.75, 3.05) is 21.3 Å². The van der Waals surface area contributed by atoms with Crippen molar-refractivity contribution in [1.29, 1.82) is 0 Å². The Morgan fingerprint density at radius 2 is 1.38 bits per heavy atom. The minimum absolute atomic E-state index is 0.698. The fourth-order valence-electron chi connectivity index (χ4n) is 1.43. The fraction of sp³-hybridized carbons (Fsp3) is 0.400. The predicted molar refractivity (Wildman–Crippen MR) is 82.4 cm³/mol. The lowest BCUT2D eigenvalue weighted by molar-refractivity contribution is 0.122. The maximum atomic E-state index is 5.41. The van der Waals surface area contributed by atoms with Crippen LogP contribution in [0.1, 0.15) is 5.56 Å². The quantitative estimate of drug-likeness (QED) is 0.496. The molecule has 0 fully saturated rings. The first-order valence-electron chi connectivity index (χ1n) is 4.65. The number of rotatable bonds is 5. The second-order valence-electron chi connectivity index (χ2n) is 3.25. The first-order chi connectivity index (χ1) is 7.55. The molecule has 0 aliphatic heterocycles. The van der Waals surface area contributed by atoms with Crippen LogP contribution in [0.2, 0.25) is 0 Å². The lowest BCUT2D eigenvalue weighted by atomic mass is 10.2. The van der Waals surface area contributed by atoms with E-state index < -0.39 is 8.80 Å². The summed E-state index contributed by atoms with van der Waals surface area (Å²) in [5.74, 6) is 0. The number of hydrogen-bond donors (Lipinski definition) is 0. The molecule has 3 nitrogen and oxygen atoms in total. The van der Waals surface area contributed by atoms with Crippen LogP contribution in [-0.4, -0.2) is 30.1 Å². The molecular formula is C10H14I2O3Si. The van der Waals surface area contributed by atoms with Crippen LogP contribution < -0.4 is 0 Å². The Balaban J connectivity index is 2.93. The van der Waals surface area contributed by atoms with Crippen molar-refractivity contribution in [3.05, 3.63) is 30.9 Å². The Bertz CT molecular complexity index is 327. The zero-order valence-corrected chi connectivity index (χ0v) is 14.7. The lowest BCUT2D eigenvalue weighted by Crippen LogP contribution is -2.45. The Kier molecular flexibility index (Phi) is 6.16. The summed E-state index contributed by atoms with van der Waals surface area (Å²) in [5.41, 5.74) is 1.19. The summed E-state index contributed by atoms with van der Waals surface area (Å²) >= 11 is 4.61. The van der Waals surface area contributed by atoms with E-state index in [4.69, 9.17) is 13.3 Å². The smallest absolute Gasteiger partial charge is 0.377 e. The molecule has 0 unspecified atom stereocenters. The number of benzene rings is 1. The third-order valence-corrected chi connectivity index (χ3v) is 6.23. The van der Waals surface area contributed by atoms with Crippen molar-refractivity contribution in [3.8, 4) is 0 Å². The molecule has 0 aliphatic carbocycles. The molecule has 0 N–H and O–H groups in total. The second-order valence-corrected chi connectivity index (χ2v) is 8.69. The third kappa shape index (κ3) is 3.91. The van der Waals surface area contributed by atoms with Crippen LogP contribution in [0.25, 0.3) is 0 Å². The highest BCUT2D eigenvalue weighted by Crippen LogP contribution is 2.19. The molecule has 0 saturated carbocycles. The largest absolute Gasteiger partial charge is 0.504 e. The van der Waals surface area contributed by atoms with Crippen LogP contribution in [0.5, 0.6) is 0 Å². The highest BCUT2D eigenvalue weighted by molar-refractivity contribution is 14.1. The molecule has 0 aromatic heterocycles. The molecule has 0 spiro atoms. The Labute approximate surface area is 125 Å². The molecule has 0 saturated heterocycles. The molecule has 0 atom stereocenters. The molecule has 6 heteroatoms. The summed E-state index contributed by atoms with van der Waals surface area (Å²) in [5, 5.41) is 0. The van der Waals surface area contributed by atoms with Gasteiger partial charge in [-0.05, 0) is 68.9 Å². The number of halogens is 2. The zero-order chi connectivity index (χ0) is 12.2. The van der Waals surface area contributed by atoms with E-state index in [2.05, 4.69) is 63.4 Å². The number of hydrogen-bond acceptors (Lipinski definition) is 3. The van der Waals surface area contributed by atoms with Gasteiger partial charge in [0, 0.05) is 34.5 Å². The summed E-state index contributed by atoms with van der Waals surface area (Å²) in [7, 11) is 2.40. The molecule has 1 aromatic rings. The first-order valence-corrected chi connectivity index (χ1v) is 8.74. The van der Waals surface area contributed by atoms with E-state index in [1.165, 1.54) is 12.7 Å². The summed E-state index contributed by atoms with van der Waals surface area (Å²) in [6.07, 6.45) is 0. The normalized spacial score (nSPS) is 11.8. The maximum Gasteiger partial charge on any atom is 0.504 e. The van der Waals surface area contributed by atoms with E-state index >= 15 is 0 Å². The van der Waals surface area contributed by atoms with Gasteiger partial charge in [0.2, 0.25) is 0 Å². The fourth-order valence-corrected chi connectivity index (χ4v) is 5.13. The van der Waals surface area contributed by atoms with Gasteiger partial charge >= 0.3 is 8.80 Å². The first kappa shape index (κ1) is 14.8. The third-order valence-electron chi connectivity index (χ3n) is 2.28. The molecule has 16 heavy (non-hydrogen) atoms. The van der Waals surface area contributed by atoms with Gasteiger partial charge in [0.1, 0.15) is 0 Å². The highest BCUT2D eigenvalue weighted by Gasteiger charge is 2.38. The SMILES string of the molecule is CO[Si](Cc1cc(I)cc(I)c1)(OC)OC. The van der Waals surface area contributed by atoms with Gasteiger partial charge in [-0.3, -0.25) is 0 Å². The van der Waals surface area contributed by atoms with Gasteiger partial charge in [-0.15, -0.1) is 0 Å². The predicted octanol–water partition coefficient (Wildman–Crippen LogP) is 2.86. The van der Waals surface area contributed by atoms with E-state index in [-0.39, 0.29) is 0 Å². The van der Waals surface area contributed by atoms with Crippen LogP contribution in [0.4, 0.5) is 0 Å². The van der Waals surface area contributed by atoms with E-state index in [9.17, 15) is 0 Å². The Hall–Kier alpha value is 0.777. The van der Waals surface area contributed by atoms with Gasteiger partial charge in [-0.25, -0.2) is 0 Å². The zero-order valence-electron chi connectivity index (χ0n) is 9.42. The van der Waals surface area contributed by atoms with Crippen molar-refractivity contribution in [2.24, 2.45) is 0 Å². The van der Waals surface area contributed by atoms with Crippen LogP contribution in [0.3, 0.4) is 0 Å². The Morgan fingerprint density at radius 3 is 1.75 bits per heavy atom. The van der Waals surface area contributed by atoms with Crippen molar-refractivity contribution in [3.63, 3.8) is 0 Å². The lowest BCUT2D eigenvalue weighted by Gasteiger charge is -2.24. The van der Waals surface area contributed by atoms with E-state index in [1.54, 1.807) is 21.3 Å². The summed E-state index contributed by atoms with van der Waals surface area (Å²) < 4.78 is 18.7. The van der Waals surface area contributed by atoms with E-state index in [0.717, 1.165) is 0 Å². The van der Waals surface area contributed by atoms with Crippen LogP contribution >= 0.6 is 45.2 Å². The van der Waals surface area contributed by atoms with Gasteiger partial charge in [0.05, 0.1) is 0 Å². The van der Waals surface area contributed by atoms with Gasteiger partial charge in [0.25, 0.3) is 0 Å². The molecular weight excluding hydrogens is 450 g/mol. The monoisotopic (exact) mass is 464 g/mol. The summed E-state index contributed by atoms with van der Waals surface area (Å²) in [6, 6.07) is 7.08. The molecule has 90 valence electrons. The van der Waals surface area contributed by atoms with E-state index in [1.807, 2.05) is 0 Å². The van der Waals surface area contributed by atoms with Crippen molar-refractivity contribution in [2.45, 2.75) is 6.04 Å². The maximum absolute atomic E-state index is 5.41. The molecule has 0 bridgehead atoms.